The summed E-state index contributed by atoms with van der Waals surface area (Å²) in [5, 5.41) is 17.0. The molecule has 33 heavy (non-hydrogen) atoms. The number of fused-ring (bicyclic) bond motifs is 1. The Morgan fingerprint density at radius 2 is 1.94 bits per heavy atom. The van der Waals surface area contributed by atoms with E-state index in [-0.39, 0.29) is 5.82 Å². The molecule has 5 rings (SSSR count). The van der Waals surface area contributed by atoms with Crippen molar-refractivity contribution >= 4 is 27.8 Å². The average Bonchev–Trinajstić information content (AvgIpc) is 3.44. The van der Waals surface area contributed by atoms with Crippen molar-refractivity contribution in [2.45, 2.75) is 19.9 Å². The van der Waals surface area contributed by atoms with Gasteiger partial charge in [-0.25, -0.2) is 14.4 Å². The van der Waals surface area contributed by atoms with Crippen LogP contribution in [0, 0.1) is 17.1 Å². The number of thiazole rings is 1. The zero-order valence-electron chi connectivity index (χ0n) is 18.3. The maximum atomic E-state index is 13.3. The molecule has 2 N–H and O–H groups in total. The molecule has 1 aliphatic heterocycles. The molecular formula is C24H24FN7S. The highest BCUT2D eigenvalue weighted by Gasteiger charge is 2.17. The summed E-state index contributed by atoms with van der Waals surface area (Å²) in [6.07, 6.45) is 2.99. The minimum atomic E-state index is -0.314. The molecule has 1 fully saturated rings. The predicted octanol–water partition coefficient (Wildman–Crippen LogP) is 4.05. The van der Waals surface area contributed by atoms with Crippen LogP contribution in [0.15, 0.2) is 42.6 Å². The maximum absolute atomic E-state index is 13.3. The van der Waals surface area contributed by atoms with E-state index >= 15 is 0 Å². The lowest BCUT2D eigenvalue weighted by Crippen LogP contribution is -2.43. The molecule has 7 nitrogen and oxygen atoms in total. The quantitative estimate of drug-likeness (QED) is 0.451. The number of nitriles is 1. The lowest BCUT2D eigenvalue weighted by atomic mass is 10.1. The first-order chi connectivity index (χ1) is 16.2. The fourth-order valence-electron chi connectivity index (χ4n) is 4.15. The molecule has 1 saturated heterocycles. The highest BCUT2D eigenvalue weighted by atomic mass is 32.1. The number of nitrogens with zero attached hydrogens (tertiary/aromatic N) is 5. The van der Waals surface area contributed by atoms with Crippen molar-refractivity contribution in [1.82, 2.24) is 19.7 Å². The number of imidazole rings is 1. The van der Waals surface area contributed by atoms with E-state index in [2.05, 4.69) is 56.2 Å². The second-order valence-electron chi connectivity index (χ2n) is 7.88. The van der Waals surface area contributed by atoms with Gasteiger partial charge in [0.2, 0.25) is 0 Å². The van der Waals surface area contributed by atoms with Crippen molar-refractivity contribution in [1.29, 1.82) is 5.26 Å². The molecule has 0 atom stereocenters. The smallest absolute Gasteiger partial charge is 0.184 e. The molecule has 0 radical (unpaired) electrons. The fourth-order valence-corrected chi connectivity index (χ4v) is 4.93. The zero-order chi connectivity index (χ0) is 22.8. The minimum Gasteiger partial charge on any atom is -0.368 e. The van der Waals surface area contributed by atoms with Crippen LogP contribution in [0.25, 0.3) is 16.9 Å². The molecule has 9 heteroatoms. The van der Waals surface area contributed by atoms with Crippen LogP contribution in [-0.2, 0) is 13.0 Å². The van der Waals surface area contributed by atoms with Crippen molar-refractivity contribution < 1.29 is 4.39 Å². The van der Waals surface area contributed by atoms with Gasteiger partial charge < -0.3 is 15.5 Å². The summed E-state index contributed by atoms with van der Waals surface area (Å²) >= 11 is 1.30. The number of rotatable bonds is 6. The van der Waals surface area contributed by atoms with Gasteiger partial charge in [0.15, 0.2) is 5.13 Å². The molecule has 0 amide bonds. The number of anilines is 2. The topological polar surface area (TPSA) is 81.3 Å². The number of aryl methyl sites for hydroxylation is 1. The molecule has 0 bridgehead atoms. The fraction of sp³-hybridized carbons (Fsp3) is 0.292. The van der Waals surface area contributed by atoms with Gasteiger partial charge in [0.25, 0.3) is 0 Å². The Hall–Kier alpha value is -3.48. The van der Waals surface area contributed by atoms with Crippen molar-refractivity contribution in [2.75, 3.05) is 36.4 Å². The number of hydrogen-bond acceptors (Lipinski definition) is 7. The van der Waals surface area contributed by atoms with E-state index in [1.54, 1.807) is 12.1 Å². The number of nitrogens with one attached hydrogen (secondary N) is 2. The first-order valence-electron chi connectivity index (χ1n) is 11.0. The van der Waals surface area contributed by atoms with E-state index in [1.165, 1.54) is 29.2 Å². The Bertz CT molecular complexity index is 1310. The first-order valence-corrected chi connectivity index (χ1v) is 11.8. The second-order valence-corrected chi connectivity index (χ2v) is 8.88. The van der Waals surface area contributed by atoms with Gasteiger partial charge in [0, 0.05) is 37.9 Å². The van der Waals surface area contributed by atoms with Crippen LogP contribution in [0.4, 0.5) is 15.2 Å². The van der Waals surface area contributed by atoms with Crippen LogP contribution >= 0.6 is 11.3 Å². The lowest BCUT2D eigenvalue weighted by Gasteiger charge is -2.29. The number of aromatic nitrogens is 3. The molecule has 0 aliphatic carbocycles. The zero-order valence-corrected chi connectivity index (χ0v) is 19.1. The van der Waals surface area contributed by atoms with Gasteiger partial charge in [0.05, 0.1) is 23.6 Å². The summed E-state index contributed by atoms with van der Waals surface area (Å²) in [6.45, 7) is 6.58. The highest BCUT2D eigenvalue weighted by molar-refractivity contribution is 7.16. The highest BCUT2D eigenvalue weighted by Crippen LogP contribution is 2.31. The normalized spacial score (nSPS) is 13.9. The van der Waals surface area contributed by atoms with Crippen LogP contribution < -0.4 is 15.5 Å². The van der Waals surface area contributed by atoms with Crippen LogP contribution in [0.2, 0.25) is 0 Å². The van der Waals surface area contributed by atoms with Crippen LogP contribution in [0.3, 0.4) is 0 Å². The molecule has 0 spiro atoms. The summed E-state index contributed by atoms with van der Waals surface area (Å²) in [5.41, 5.74) is 5.52. The number of piperazine rings is 1. The maximum Gasteiger partial charge on any atom is 0.184 e. The lowest BCUT2D eigenvalue weighted by molar-refractivity contribution is 0.588. The number of pyridine rings is 1. The standard InChI is InChI=1S/C24H24FN7S/c1-2-19-20(32-15-18(7-8-22(32)29-19)31-11-9-27-10-12-31)14-28-24-30-23(21(13-26)33-24)16-3-5-17(25)6-4-16/h3-8,15,27H,2,9-12,14H2,1H3,(H,28,30). The minimum absolute atomic E-state index is 0.314. The summed E-state index contributed by atoms with van der Waals surface area (Å²) < 4.78 is 15.5. The SMILES string of the molecule is CCc1nc2ccc(N3CCNCC3)cn2c1CNc1nc(-c2ccc(F)cc2)c(C#N)s1. The van der Waals surface area contributed by atoms with Gasteiger partial charge in [-0.05, 0) is 42.8 Å². The van der Waals surface area contributed by atoms with E-state index in [1.807, 2.05) is 0 Å². The molecule has 3 aromatic heterocycles. The Morgan fingerprint density at radius 3 is 2.67 bits per heavy atom. The molecule has 168 valence electrons. The third-order valence-corrected chi connectivity index (χ3v) is 6.77. The number of hydrogen-bond donors (Lipinski definition) is 2. The van der Waals surface area contributed by atoms with Crippen molar-refractivity contribution in [2.24, 2.45) is 0 Å². The van der Waals surface area contributed by atoms with E-state index in [4.69, 9.17) is 4.98 Å². The molecule has 1 aliphatic rings. The van der Waals surface area contributed by atoms with E-state index in [9.17, 15) is 9.65 Å². The Morgan fingerprint density at radius 1 is 1.15 bits per heavy atom. The molecular weight excluding hydrogens is 437 g/mol. The van der Waals surface area contributed by atoms with E-state index in [0.29, 0.717) is 22.2 Å². The third-order valence-electron chi connectivity index (χ3n) is 5.86. The van der Waals surface area contributed by atoms with Crippen LogP contribution in [-0.4, -0.2) is 40.5 Å². The summed E-state index contributed by atoms with van der Waals surface area (Å²) in [5.74, 6) is -0.314. The van der Waals surface area contributed by atoms with Gasteiger partial charge >= 0.3 is 0 Å². The predicted molar refractivity (Wildman–Crippen MR) is 129 cm³/mol. The Kier molecular flexibility index (Phi) is 5.94. The number of halogens is 1. The van der Waals surface area contributed by atoms with Crippen LogP contribution in [0.5, 0.6) is 0 Å². The molecule has 0 saturated carbocycles. The van der Waals surface area contributed by atoms with Crippen molar-refractivity contribution in [3.8, 4) is 17.3 Å². The molecule has 0 unspecified atom stereocenters. The van der Waals surface area contributed by atoms with Gasteiger partial charge in [0.1, 0.15) is 28.1 Å². The van der Waals surface area contributed by atoms with E-state index in [0.717, 1.165) is 55.2 Å². The van der Waals surface area contributed by atoms with Crippen LogP contribution in [0.1, 0.15) is 23.2 Å². The summed E-state index contributed by atoms with van der Waals surface area (Å²) in [6, 6.07) is 12.5. The monoisotopic (exact) mass is 461 g/mol. The largest absolute Gasteiger partial charge is 0.368 e. The van der Waals surface area contributed by atoms with Crippen molar-refractivity contribution in [3.05, 3.63) is 64.7 Å². The average molecular weight is 462 g/mol. The Balaban J connectivity index is 1.43. The van der Waals surface area contributed by atoms with Crippen molar-refractivity contribution in [3.63, 3.8) is 0 Å². The van der Waals surface area contributed by atoms with Gasteiger partial charge in [-0.2, -0.15) is 5.26 Å². The third kappa shape index (κ3) is 4.27. The summed E-state index contributed by atoms with van der Waals surface area (Å²) in [7, 11) is 0. The van der Waals surface area contributed by atoms with E-state index < -0.39 is 0 Å². The summed E-state index contributed by atoms with van der Waals surface area (Å²) in [4.78, 5) is 12.3. The van der Waals surface area contributed by atoms with Gasteiger partial charge in [-0.15, -0.1) is 0 Å². The molecule has 4 aromatic rings. The second kappa shape index (κ2) is 9.17. The first kappa shape index (κ1) is 21.4. The molecule has 4 heterocycles. The van der Waals surface area contributed by atoms with Gasteiger partial charge in [-0.1, -0.05) is 18.3 Å². The van der Waals surface area contributed by atoms with Gasteiger partial charge in [-0.3, -0.25) is 4.40 Å². The number of benzene rings is 1. The Labute approximate surface area is 195 Å². The molecule has 1 aromatic carbocycles.